The van der Waals surface area contributed by atoms with Gasteiger partial charge in [-0.05, 0) is 58.1 Å². The minimum atomic E-state index is -0.405. The van der Waals surface area contributed by atoms with Gasteiger partial charge in [0.1, 0.15) is 12.4 Å². The van der Waals surface area contributed by atoms with Crippen molar-refractivity contribution in [2.45, 2.75) is 38.1 Å². The Morgan fingerprint density at radius 3 is 2.65 bits per heavy atom. The summed E-state index contributed by atoms with van der Waals surface area (Å²) >= 11 is 0. The lowest BCUT2D eigenvalue weighted by Gasteiger charge is -2.37. The highest BCUT2D eigenvalue weighted by Gasteiger charge is 2.37. The first-order chi connectivity index (χ1) is 10.9. The third-order valence-corrected chi connectivity index (χ3v) is 4.50. The Balaban J connectivity index is 1.88. The Morgan fingerprint density at radius 1 is 1.35 bits per heavy atom. The first-order valence-electron chi connectivity index (χ1n) is 8.36. The number of hydrogen-bond donors (Lipinski definition) is 2. The maximum atomic E-state index is 12.5. The highest BCUT2D eigenvalue weighted by molar-refractivity contribution is 5.93. The van der Waals surface area contributed by atoms with E-state index in [1.54, 1.807) is 0 Å². The molecule has 5 heteroatoms. The first-order valence-corrected chi connectivity index (χ1v) is 8.36. The fourth-order valence-corrected chi connectivity index (χ4v) is 3.00. The second kappa shape index (κ2) is 7.79. The van der Waals surface area contributed by atoms with Crippen molar-refractivity contribution in [1.29, 1.82) is 0 Å². The number of ether oxygens (including phenoxy) is 1. The van der Waals surface area contributed by atoms with Crippen LogP contribution in [0.1, 0.15) is 32.6 Å². The maximum absolute atomic E-state index is 12.5. The Bertz CT molecular complexity index is 512. The van der Waals surface area contributed by atoms with E-state index in [1.807, 2.05) is 45.3 Å². The van der Waals surface area contributed by atoms with Crippen molar-refractivity contribution in [2.24, 2.45) is 11.7 Å². The van der Waals surface area contributed by atoms with Gasteiger partial charge in [0, 0.05) is 17.8 Å². The van der Waals surface area contributed by atoms with Crippen LogP contribution in [-0.4, -0.2) is 43.6 Å². The van der Waals surface area contributed by atoms with E-state index in [9.17, 15) is 4.79 Å². The van der Waals surface area contributed by atoms with Gasteiger partial charge in [-0.15, -0.1) is 0 Å². The zero-order valence-corrected chi connectivity index (χ0v) is 14.5. The zero-order chi connectivity index (χ0) is 16.9. The lowest BCUT2D eigenvalue weighted by atomic mass is 9.74. The topological polar surface area (TPSA) is 67.6 Å². The van der Waals surface area contributed by atoms with Crippen molar-refractivity contribution in [3.05, 3.63) is 24.3 Å². The van der Waals surface area contributed by atoms with Crippen LogP contribution in [0, 0.1) is 5.92 Å². The number of hydrogen-bond acceptors (Lipinski definition) is 4. The summed E-state index contributed by atoms with van der Waals surface area (Å²) in [5.41, 5.74) is 6.68. The molecule has 2 rings (SSSR count). The minimum absolute atomic E-state index is 0.0241. The van der Waals surface area contributed by atoms with Crippen molar-refractivity contribution in [3.8, 4) is 5.75 Å². The lowest BCUT2D eigenvalue weighted by molar-refractivity contribution is -0.122. The average Bonchev–Trinajstić information content (AvgIpc) is 2.48. The van der Waals surface area contributed by atoms with Crippen LogP contribution >= 0.6 is 0 Å². The van der Waals surface area contributed by atoms with Crippen LogP contribution in [0.15, 0.2) is 24.3 Å². The van der Waals surface area contributed by atoms with E-state index in [-0.39, 0.29) is 11.8 Å². The monoisotopic (exact) mass is 319 g/mol. The van der Waals surface area contributed by atoms with Crippen molar-refractivity contribution in [3.63, 3.8) is 0 Å². The molecule has 1 aromatic rings. The summed E-state index contributed by atoms with van der Waals surface area (Å²) in [5, 5.41) is 2.99. The van der Waals surface area contributed by atoms with Crippen molar-refractivity contribution in [2.75, 3.05) is 32.6 Å². The molecule has 2 atom stereocenters. The van der Waals surface area contributed by atoms with E-state index >= 15 is 0 Å². The largest absolute Gasteiger partial charge is 0.492 e. The second-order valence-electron chi connectivity index (χ2n) is 6.97. The molecular formula is C18H29N3O2. The van der Waals surface area contributed by atoms with Crippen LogP contribution < -0.4 is 15.8 Å². The third kappa shape index (κ3) is 5.22. The fraction of sp³-hybridized carbons (Fsp3) is 0.611. The molecule has 128 valence electrons. The smallest absolute Gasteiger partial charge is 0.229 e. The first kappa shape index (κ1) is 17.8. The normalized spacial score (nSPS) is 24.5. The van der Waals surface area contributed by atoms with Gasteiger partial charge in [-0.25, -0.2) is 0 Å². The van der Waals surface area contributed by atoms with E-state index < -0.39 is 5.54 Å². The van der Waals surface area contributed by atoms with Crippen molar-refractivity contribution >= 4 is 11.6 Å². The number of nitrogens with zero attached hydrogens (tertiary/aromatic N) is 1. The number of benzene rings is 1. The van der Waals surface area contributed by atoms with Gasteiger partial charge in [-0.1, -0.05) is 12.8 Å². The van der Waals surface area contributed by atoms with Gasteiger partial charge in [0.15, 0.2) is 0 Å². The molecule has 1 aliphatic rings. The van der Waals surface area contributed by atoms with Crippen LogP contribution in [0.2, 0.25) is 0 Å². The number of nitrogens with one attached hydrogen (secondary N) is 1. The molecular weight excluding hydrogens is 290 g/mol. The highest BCUT2D eigenvalue weighted by atomic mass is 16.5. The number of rotatable bonds is 6. The molecule has 5 nitrogen and oxygen atoms in total. The van der Waals surface area contributed by atoms with Gasteiger partial charge >= 0.3 is 0 Å². The van der Waals surface area contributed by atoms with Crippen LogP contribution in [0.5, 0.6) is 5.75 Å². The summed E-state index contributed by atoms with van der Waals surface area (Å²) in [6, 6.07) is 7.51. The standard InChI is InChI=1S/C18H29N3O2/c1-18(19)11-5-4-6-16(18)17(22)20-14-7-9-15(10-8-14)23-13-12-21(2)3/h7-10,16H,4-6,11-13,19H2,1-3H3,(H,20,22). The number of carbonyl (C=O) groups is 1. The Hall–Kier alpha value is -1.59. The van der Waals surface area contributed by atoms with Crippen molar-refractivity contribution in [1.82, 2.24) is 4.90 Å². The molecule has 1 fully saturated rings. The summed E-state index contributed by atoms with van der Waals surface area (Å²) in [7, 11) is 4.02. The van der Waals surface area contributed by atoms with Gasteiger partial charge in [0.05, 0.1) is 5.92 Å². The lowest BCUT2D eigenvalue weighted by Crippen LogP contribution is -2.51. The van der Waals surface area contributed by atoms with Crippen LogP contribution in [0.3, 0.4) is 0 Å². The van der Waals surface area contributed by atoms with Gasteiger partial charge in [0.25, 0.3) is 0 Å². The number of nitrogens with two attached hydrogens (primary N) is 1. The zero-order valence-electron chi connectivity index (χ0n) is 14.5. The van der Waals surface area contributed by atoms with E-state index in [4.69, 9.17) is 10.5 Å². The van der Waals surface area contributed by atoms with Gasteiger partial charge in [0.2, 0.25) is 5.91 Å². The molecule has 1 aromatic carbocycles. The van der Waals surface area contributed by atoms with E-state index in [2.05, 4.69) is 10.2 Å². The summed E-state index contributed by atoms with van der Waals surface area (Å²) < 4.78 is 5.65. The second-order valence-corrected chi connectivity index (χ2v) is 6.97. The van der Waals surface area contributed by atoms with E-state index in [1.165, 1.54) is 0 Å². The minimum Gasteiger partial charge on any atom is -0.492 e. The summed E-state index contributed by atoms with van der Waals surface area (Å²) in [5.74, 6) is 0.717. The molecule has 0 aliphatic heterocycles. The molecule has 0 radical (unpaired) electrons. The number of amides is 1. The Kier molecular flexibility index (Phi) is 6.02. The molecule has 0 heterocycles. The number of likely N-dealkylation sites (N-methyl/N-ethyl adjacent to an activating group) is 1. The molecule has 1 aliphatic carbocycles. The molecule has 0 bridgehead atoms. The predicted octanol–water partition coefficient (Wildman–Crippen LogP) is 2.47. The number of anilines is 1. The molecule has 23 heavy (non-hydrogen) atoms. The molecule has 0 aromatic heterocycles. The van der Waals surface area contributed by atoms with Crippen LogP contribution in [0.25, 0.3) is 0 Å². The van der Waals surface area contributed by atoms with Crippen LogP contribution in [0.4, 0.5) is 5.69 Å². The summed E-state index contributed by atoms with van der Waals surface area (Å²) in [6.07, 6.45) is 3.95. The third-order valence-electron chi connectivity index (χ3n) is 4.50. The molecule has 0 spiro atoms. The molecule has 2 unspecified atom stereocenters. The highest BCUT2D eigenvalue weighted by Crippen LogP contribution is 2.32. The predicted molar refractivity (Wildman–Crippen MR) is 93.7 cm³/mol. The maximum Gasteiger partial charge on any atom is 0.229 e. The van der Waals surface area contributed by atoms with Gasteiger partial charge in [-0.2, -0.15) is 0 Å². The van der Waals surface area contributed by atoms with Gasteiger partial charge < -0.3 is 20.7 Å². The quantitative estimate of drug-likeness (QED) is 0.845. The molecule has 0 saturated heterocycles. The Labute approximate surface area is 139 Å². The Morgan fingerprint density at radius 2 is 2.04 bits per heavy atom. The average molecular weight is 319 g/mol. The number of carbonyl (C=O) groups excluding carboxylic acids is 1. The fourth-order valence-electron chi connectivity index (χ4n) is 3.00. The molecule has 1 amide bonds. The van der Waals surface area contributed by atoms with Gasteiger partial charge in [-0.3, -0.25) is 4.79 Å². The molecule has 3 N–H and O–H groups in total. The van der Waals surface area contributed by atoms with Crippen molar-refractivity contribution < 1.29 is 9.53 Å². The van der Waals surface area contributed by atoms with Crippen LogP contribution in [-0.2, 0) is 4.79 Å². The molecule has 1 saturated carbocycles. The summed E-state index contributed by atoms with van der Waals surface area (Å²) in [6.45, 7) is 3.50. The van der Waals surface area contributed by atoms with E-state index in [0.717, 1.165) is 43.7 Å². The SMILES string of the molecule is CN(C)CCOc1ccc(NC(=O)C2CCCCC2(C)N)cc1. The van der Waals surface area contributed by atoms with E-state index in [0.29, 0.717) is 6.61 Å². The summed E-state index contributed by atoms with van der Waals surface area (Å²) in [4.78, 5) is 14.6.